The van der Waals surface area contributed by atoms with Gasteiger partial charge in [-0.15, -0.1) is 10.2 Å². The first-order valence-corrected chi connectivity index (χ1v) is 13.0. The largest absolute Gasteiger partial charge is 0.454 e. The maximum absolute atomic E-state index is 12.8. The number of fused-ring (bicyclic) bond motifs is 1. The van der Waals surface area contributed by atoms with Crippen LogP contribution in [-0.4, -0.2) is 33.2 Å². The van der Waals surface area contributed by atoms with Gasteiger partial charge in [0, 0.05) is 22.3 Å². The number of ether oxygens (including phenoxy) is 2. The first-order valence-electron chi connectivity index (χ1n) is 11.2. The Morgan fingerprint density at radius 1 is 1.06 bits per heavy atom. The number of carbonyl (C=O) groups is 1. The van der Waals surface area contributed by atoms with E-state index in [1.165, 1.54) is 11.8 Å². The Labute approximate surface area is 222 Å². The molecule has 0 saturated heterocycles. The lowest BCUT2D eigenvalue weighted by atomic mass is 10.0. The van der Waals surface area contributed by atoms with Crippen LogP contribution < -0.4 is 14.8 Å². The van der Waals surface area contributed by atoms with Gasteiger partial charge in [-0.2, -0.15) is 0 Å². The number of halogens is 2. The van der Waals surface area contributed by atoms with Crippen LogP contribution in [0.15, 0.2) is 65.8 Å². The number of anilines is 1. The third-order valence-corrected chi connectivity index (χ3v) is 7.07. The number of hydrogen-bond donors (Lipinski definition) is 1. The molecule has 5 rings (SSSR count). The zero-order valence-corrected chi connectivity index (χ0v) is 21.8. The Bertz CT molecular complexity index is 1440. The van der Waals surface area contributed by atoms with Gasteiger partial charge in [0.1, 0.15) is 0 Å². The minimum atomic E-state index is -0.184. The molecule has 1 aliphatic heterocycles. The van der Waals surface area contributed by atoms with Crippen molar-refractivity contribution in [1.29, 1.82) is 0 Å². The summed E-state index contributed by atoms with van der Waals surface area (Å²) in [4.78, 5) is 12.8. The summed E-state index contributed by atoms with van der Waals surface area (Å²) in [7, 11) is 0. The van der Waals surface area contributed by atoms with E-state index in [0.717, 1.165) is 11.3 Å². The Hall–Kier alpha value is -3.20. The van der Waals surface area contributed by atoms with Gasteiger partial charge in [-0.3, -0.25) is 9.36 Å². The maximum Gasteiger partial charge on any atom is 0.234 e. The van der Waals surface area contributed by atoms with Crippen molar-refractivity contribution in [2.24, 2.45) is 0 Å². The molecule has 10 heteroatoms. The molecule has 1 amide bonds. The number of amides is 1. The standard InChI is InChI=1S/C26H22Cl2N4O3S/c1-15(2)18-5-3-4-6-21(18)32-25(19-9-7-16(27)11-20(19)28)30-31-26(32)36-13-24(33)29-17-8-10-22-23(12-17)35-14-34-22/h3-12,15H,13-14H2,1-2H3,(H,29,33). The van der Waals surface area contributed by atoms with Crippen molar-refractivity contribution >= 4 is 46.6 Å². The molecule has 4 aromatic rings. The van der Waals surface area contributed by atoms with Gasteiger partial charge in [0.05, 0.1) is 16.5 Å². The van der Waals surface area contributed by atoms with E-state index in [4.69, 9.17) is 32.7 Å². The Morgan fingerprint density at radius 3 is 2.67 bits per heavy atom. The predicted octanol–water partition coefficient (Wildman–Crippen LogP) is 6.82. The highest BCUT2D eigenvalue weighted by Gasteiger charge is 2.22. The predicted molar refractivity (Wildman–Crippen MR) is 143 cm³/mol. The van der Waals surface area contributed by atoms with Gasteiger partial charge in [-0.1, -0.05) is 67.0 Å². The summed E-state index contributed by atoms with van der Waals surface area (Å²) in [6.07, 6.45) is 0. The van der Waals surface area contributed by atoms with Crippen LogP contribution in [0.3, 0.4) is 0 Å². The highest BCUT2D eigenvalue weighted by atomic mass is 35.5. The maximum atomic E-state index is 12.8. The molecule has 36 heavy (non-hydrogen) atoms. The highest BCUT2D eigenvalue weighted by Crippen LogP contribution is 2.36. The molecule has 1 aliphatic rings. The van der Waals surface area contributed by atoms with Gasteiger partial charge >= 0.3 is 0 Å². The van der Waals surface area contributed by atoms with Crippen LogP contribution in [0, 0.1) is 0 Å². The van der Waals surface area contributed by atoms with Crippen molar-refractivity contribution in [1.82, 2.24) is 14.8 Å². The molecule has 0 spiro atoms. The fraction of sp³-hybridized carbons (Fsp3) is 0.192. The van der Waals surface area contributed by atoms with Crippen molar-refractivity contribution in [3.05, 3.63) is 76.3 Å². The molecule has 184 valence electrons. The fourth-order valence-electron chi connectivity index (χ4n) is 3.91. The van der Waals surface area contributed by atoms with Gasteiger partial charge in [-0.25, -0.2) is 0 Å². The molecular weight excluding hydrogens is 519 g/mol. The molecule has 3 aromatic carbocycles. The molecule has 0 radical (unpaired) electrons. The van der Waals surface area contributed by atoms with Crippen molar-refractivity contribution < 1.29 is 14.3 Å². The summed E-state index contributed by atoms with van der Waals surface area (Å²) in [5, 5.41) is 13.4. The van der Waals surface area contributed by atoms with Crippen LogP contribution in [0.1, 0.15) is 25.3 Å². The smallest absolute Gasteiger partial charge is 0.234 e. The minimum absolute atomic E-state index is 0.130. The zero-order chi connectivity index (χ0) is 25.2. The first kappa shape index (κ1) is 24.5. The van der Waals surface area contributed by atoms with Crippen LogP contribution >= 0.6 is 35.0 Å². The lowest BCUT2D eigenvalue weighted by Gasteiger charge is -2.17. The fourth-order valence-corrected chi connectivity index (χ4v) is 5.14. The summed E-state index contributed by atoms with van der Waals surface area (Å²) in [5.74, 6) is 2.04. The van der Waals surface area contributed by atoms with Crippen LogP contribution in [0.2, 0.25) is 10.0 Å². The molecule has 0 atom stereocenters. The average molecular weight is 541 g/mol. The molecule has 0 aliphatic carbocycles. The second-order valence-electron chi connectivity index (χ2n) is 8.38. The van der Waals surface area contributed by atoms with Crippen molar-refractivity contribution in [3.8, 4) is 28.6 Å². The Morgan fingerprint density at radius 2 is 1.86 bits per heavy atom. The second kappa shape index (κ2) is 10.4. The monoisotopic (exact) mass is 540 g/mol. The minimum Gasteiger partial charge on any atom is -0.454 e. The summed E-state index contributed by atoms with van der Waals surface area (Å²) < 4.78 is 12.7. The van der Waals surface area contributed by atoms with E-state index < -0.39 is 0 Å². The van der Waals surface area contributed by atoms with Gasteiger partial charge in [0.25, 0.3) is 0 Å². The Kier molecular flexibility index (Phi) is 7.09. The van der Waals surface area contributed by atoms with Crippen LogP contribution in [0.4, 0.5) is 5.69 Å². The zero-order valence-electron chi connectivity index (χ0n) is 19.5. The number of benzene rings is 3. The molecule has 7 nitrogen and oxygen atoms in total. The number of rotatable bonds is 7. The molecule has 0 saturated carbocycles. The molecule has 2 heterocycles. The third kappa shape index (κ3) is 5.02. The quantitative estimate of drug-likeness (QED) is 0.259. The Balaban J connectivity index is 1.45. The van der Waals surface area contributed by atoms with Gasteiger partial charge in [0.15, 0.2) is 22.5 Å². The second-order valence-corrected chi connectivity index (χ2v) is 10.2. The van der Waals surface area contributed by atoms with E-state index in [9.17, 15) is 4.79 Å². The van der Waals surface area contributed by atoms with E-state index in [2.05, 4.69) is 35.4 Å². The molecule has 1 aromatic heterocycles. The molecule has 0 unspecified atom stereocenters. The van der Waals surface area contributed by atoms with Crippen LogP contribution in [0.5, 0.6) is 11.5 Å². The summed E-state index contributed by atoms with van der Waals surface area (Å²) in [5.41, 5.74) is 3.38. The number of nitrogens with zero attached hydrogens (tertiary/aromatic N) is 3. The van der Waals surface area contributed by atoms with E-state index in [0.29, 0.717) is 43.8 Å². The van der Waals surface area contributed by atoms with Crippen LogP contribution in [-0.2, 0) is 4.79 Å². The summed E-state index contributed by atoms with van der Waals surface area (Å²) in [6.45, 7) is 4.43. The molecular formula is C26H22Cl2N4O3S. The first-order chi connectivity index (χ1) is 17.4. The summed E-state index contributed by atoms with van der Waals surface area (Å²) >= 11 is 14.0. The van der Waals surface area contributed by atoms with E-state index >= 15 is 0 Å². The van der Waals surface area contributed by atoms with Gasteiger partial charge in [0.2, 0.25) is 12.7 Å². The van der Waals surface area contributed by atoms with E-state index in [1.54, 1.807) is 30.3 Å². The lowest BCUT2D eigenvalue weighted by molar-refractivity contribution is -0.113. The molecule has 1 N–H and O–H groups in total. The molecule has 0 bridgehead atoms. The summed E-state index contributed by atoms with van der Waals surface area (Å²) in [6, 6.07) is 18.6. The van der Waals surface area contributed by atoms with E-state index in [-0.39, 0.29) is 24.4 Å². The molecule has 0 fully saturated rings. The van der Waals surface area contributed by atoms with Crippen molar-refractivity contribution in [3.63, 3.8) is 0 Å². The number of carbonyl (C=O) groups excluding carboxylic acids is 1. The number of para-hydroxylation sites is 1. The third-order valence-electron chi connectivity index (χ3n) is 5.59. The number of aromatic nitrogens is 3. The average Bonchev–Trinajstić information content (AvgIpc) is 3.49. The highest BCUT2D eigenvalue weighted by molar-refractivity contribution is 7.99. The topological polar surface area (TPSA) is 78.3 Å². The normalized spacial score (nSPS) is 12.2. The van der Waals surface area contributed by atoms with Gasteiger partial charge < -0.3 is 14.8 Å². The van der Waals surface area contributed by atoms with Crippen molar-refractivity contribution in [2.45, 2.75) is 24.9 Å². The number of nitrogens with one attached hydrogen (secondary N) is 1. The van der Waals surface area contributed by atoms with Crippen LogP contribution in [0.25, 0.3) is 17.1 Å². The van der Waals surface area contributed by atoms with Crippen molar-refractivity contribution in [2.75, 3.05) is 17.9 Å². The van der Waals surface area contributed by atoms with E-state index in [1.807, 2.05) is 28.8 Å². The number of thioether (sulfide) groups is 1. The lowest BCUT2D eigenvalue weighted by Crippen LogP contribution is -2.14. The van der Waals surface area contributed by atoms with Gasteiger partial charge in [-0.05, 0) is 47.9 Å². The SMILES string of the molecule is CC(C)c1ccccc1-n1c(SCC(=O)Nc2ccc3c(c2)OCO3)nnc1-c1ccc(Cl)cc1Cl. The number of hydrogen-bond acceptors (Lipinski definition) is 6.